The van der Waals surface area contributed by atoms with Gasteiger partial charge in [-0.05, 0) is 20.8 Å². The summed E-state index contributed by atoms with van der Waals surface area (Å²) >= 11 is 0. The zero-order valence-electron chi connectivity index (χ0n) is 11.3. The normalized spacial score (nSPS) is 12.2. The molecule has 0 saturated carbocycles. The molecule has 2 aromatic rings. The number of aryl methyl sites for hydroxylation is 2. The quantitative estimate of drug-likeness (QED) is 0.870. The van der Waals surface area contributed by atoms with E-state index in [-0.39, 0.29) is 17.4 Å². The summed E-state index contributed by atoms with van der Waals surface area (Å²) in [5.74, 6) is 1.28. The first kappa shape index (κ1) is 13.1. The first-order valence-electron chi connectivity index (χ1n) is 5.85. The molecule has 0 aliphatic heterocycles. The standard InChI is InChI=1S/C12H16N4O3/c1-6(9-7(2)16-19-8(9)3)15-11-10(18-4)12(17)14-5-13-11/h5-6H,1-4H3,(H2,13,14,15,17). The third kappa shape index (κ3) is 2.44. The van der Waals surface area contributed by atoms with E-state index in [1.807, 2.05) is 20.8 Å². The molecule has 1 unspecified atom stereocenters. The van der Waals surface area contributed by atoms with Crippen LogP contribution in [-0.2, 0) is 0 Å². The summed E-state index contributed by atoms with van der Waals surface area (Å²) in [6.45, 7) is 5.65. The van der Waals surface area contributed by atoms with Crippen molar-refractivity contribution >= 4 is 5.82 Å². The maximum absolute atomic E-state index is 11.6. The van der Waals surface area contributed by atoms with Gasteiger partial charge >= 0.3 is 0 Å². The highest BCUT2D eigenvalue weighted by Gasteiger charge is 2.19. The minimum atomic E-state index is -0.328. The van der Waals surface area contributed by atoms with Gasteiger partial charge in [0.15, 0.2) is 5.82 Å². The van der Waals surface area contributed by atoms with E-state index in [0.717, 1.165) is 17.0 Å². The van der Waals surface area contributed by atoms with Crippen molar-refractivity contribution in [1.29, 1.82) is 0 Å². The van der Waals surface area contributed by atoms with Gasteiger partial charge in [0.25, 0.3) is 5.56 Å². The second-order valence-corrected chi connectivity index (χ2v) is 4.22. The fraction of sp³-hybridized carbons (Fsp3) is 0.417. The molecule has 0 fully saturated rings. The Balaban J connectivity index is 2.32. The minimum absolute atomic E-state index is 0.102. The lowest BCUT2D eigenvalue weighted by atomic mass is 10.1. The van der Waals surface area contributed by atoms with Crippen LogP contribution in [0.5, 0.6) is 5.75 Å². The second kappa shape index (κ2) is 5.13. The van der Waals surface area contributed by atoms with Crippen molar-refractivity contribution in [2.45, 2.75) is 26.8 Å². The van der Waals surface area contributed by atoms with Crippen LogP contribution in [0.2, 0.25) is 0 Å². The van der Waals surface area contributed by atoms with Crippen LogP contribution in [0.1, 0.15) is 30.0 Å². The molecular formula is C12H16N4O3. The molecule has 0 aliphatic rings. The van der Waals surface area contributed by atoms with E-state index in [1.165, 1.54) is 13.4 Å². The van der Waals surface area contributed by atoms with Crippen molar-refractivity contribution in [3.05, 3.63) is 33.7 Å². The number of rotatable bonds is 4. The van der Waals surface area contributed by atoms with Crippen molar-refractivity contribution in [2.75, 3.05) is 12.4 Å². The smallest absolute Gasteiger partial charge is 0.295 e. The monoisotopic (exact) mass is 264 g/mol. The van der Waals surface area contributed by atoms with E-state index in [0.29, 0.717) is 5.82 Å². The Morgan fingerprint density at radius 1 is 1.47 bits per heavy atom. The van der Waals surface area contributed by atoms with E-state index in [9.17, 15) is 4.79 Å². The van der Waals surface area contributed by atoms with E-state index in [2.05, 4.69) is 20.4 Å². The molecule has 2 aromatic heterocycles. The van der Waals surface area contributed by atoms with Gasteiger partial charge in [-0.15, -0.1) is 0 Å². The zero-order valence-corrected chi connectivity index (χ0v) is 11.3. The van der Waals surface area contributed by atoms with E-state index < -0.39 is 0 Å². The molecule has 7 heteroatoms. The van der Waals surface area contributed by atoms with Gasteiger partial charge in [0.2, 0.25) is 5.75 Å². The number of H-pyrrole nitrogens is 1. The molecule has 102 valence electrons. The molecule has 0 amide bonds. The number of anilines is 1. The number of aromatic amines is 1. The van der Waals surface area contributed by atoms with Crippen molar-refractivity contribution in [1.82, 2.24) is 15.1 Å². The summed E-state index contributed by atoms with van der Waals surface area (Å²) in [4.78, 5) is 18.1. The summed E-state index contributed by atoms with van der Waals surface area (Å²) in [6, 6.07) is -0.102. The van der Waals surface area contributed by atoms with Crippen LogP contribution in [0, 0.1) is 13.8 Å². The molecule has 2 rings (SSSR count). The third-order valence-electron chi connectivity index (χ3n) is 2.89. The highest BCUT2D eigenvalue weighted by molar-refractivity contribution is 5.50. The van der Waals surface area contributed by atoms with Gasteiger partial charge in [0.1, 0.15) is 5.76 Å². The van der Waals surface area contributed by atoms with Gasteiger partial charge in [-0.25, -0.2) is 4.98 Å². The first-order valence-corrected chi connectivity index (χ1v) is 5.85. The fourth-order valence-corrected chi connectivity index (χ4v) is 2.06. The topological polar surface area (TPSA) is 93.0 Å². The molecular weight excluding hydrogens is 248 g/mol. The van der Waals surface area contributed by atoms with Crippen LogP contribution >= 0.6 is 0 Å². The molecule has 0 bridgehead atoms. The Morgan fingerprint density at radius 3 is 2.79 bits per heavy atom. The molecule has 0 spiro atoms. The molecule has 0 radical (unpaired) electrons. The number of hydrogen-bond donors (Lipinski definition) is 2. The predicted octanol–water partition coefficient (Wildman–Crippen LogP) is 1.56. The number of aromatic nitrogens is 3. The lowest BCUT2D eigenvalue weighted by Crippen LogP contribution is -2.16. The highest BCUT2D eigenvalue weighted by Crippen LogP contribution is 2.26. The van der Waals surface area contributed by atoms with Gasteiger partial charge < -0.3 is 19.6 Å². The van der Waals surface area contributed by atoms with E-state index in [4.69, 9.17) is 9.26 Å². The lowest BCUT2D eigenvalue weighted by Gasteiger charge is -2.15. The fourth-order valence-electron chi connectivity index (χ4n) is 2.06. The summed E-state index contributed by atoms with van der Waals surface area (Å²) in [5.41, 5.74) is 1.43. The van der Waals surface area contributed by atoms with Gasteiger partial charge in [0.05, 0.1) is 25.2 Å². The van der Waals surface area contributed by atoms with Crippen LogP contribution in [0.15, 0.2) is 15.6 Å². The average Bonchev–Trinajstić information content (AvgIpc) is 2.69. The van der Waals surface area contributed by atoms with Crippen molar-refractivity contribution in [2.24, 2.45) is 0 Å². The van der Waals surface area contributed by atoms with Crippen LogP contribution in [0.3, 0.4) is 0 Å². The second-order valence-electron chi connectivity index (χ2n) is 4.22. The lowest BCUT2D eigenvalue weighted by molar-refractivity contribution is 0.391. The summed E-state index contributed by atoms with van der Waals surface area (Å²) in [6.07, 6.45) is 1.33. The van der Waals surface area contributed by atoms with Crippen molar-refractivity contribution in [3.63, 3.8) is 0 Å². The Bertz CT molecular complexity index is 613. The van der Waals surface area contributed by atoms with Gasteiger partial charge in [0, 0.05) is 5.56 Å². The third-order valence-corrected chi connectivity index (χ3v) is 2.89. The Hall–Kier alpha value is -2.31. The zero-order chi connectivity index (χ0) is 14.0. The number of ether oxygens (including phenoxy) is 1. The van der Waals surface area contributed by atoms with Crippen LogP contribution in [0.25, 0.3) is 0 Å². The molecule has 7 nitrogen and oxygen atoms in total. The first-order chi connectivity index (χ1) is 9.04. The van der Waals surface area contributed by atoms with E-state index in [1.54, 1.807) is 0 Å². The number of nitrogens with zero attached hydrogens (tertiary/aromatic N) is 2. The van der Waals surface area contributed by atoms with Gasteiger partial charge in [-0.1, -0.05) is 5.16 Å². The van der Waals surface area contributed by atoms with Crippen LogP contribution in [0.4, 0.5) is 5.82 Å². The minimum Gasteiger partial charge on any atom is -0.489 e. The Kier molecular flexibility index (Phi) is 3.55. The van der Waals surface area contributed by atoms with Gasteiger partial charge in [-0.3, -0.25) is 4.79 Å². The number of nitrogens with one attached hydrogen (secondary N) is 2. The Labute approximate surface area is 110 Å². The molecule has 0 aromatic carbocycles. The largest absolute Gasteiger partial charge is 0.489 e. The molecule has 19 heavy (non-hydrogen) atoms. The summed E-state index contributed by atoms with van der Waals surface area (Å²) in [5, 5.41) is 7.03. The van der Waals surface area contributed by atoms with Crippen LogP contribution in [-0.4, -0.2) is 22.2 Å². The maximum Gasteiger partial charge on any atom is 0.295 e. The highest BCUT2D eigenvalue weighted by atomic mass is 16.5. The Morgan fingerprint density at radius 2 is 2.21 bits per heavy atom. The molecule has 2 heterocycles. The van der Waals surface area contributed by atoms with Crippen molar-refractivity contribution in [3.8, 4) is 5.75 Å². The molecule has 1 atom stereocenters. The molecule has 0 saturated heterocycles. The van der Waals surface area contributed by atoms with E-state index >= 15 is 0 Å². The number of hydrogen-bond acceptors (Lipinski definition) is 6. The SMILES string of the molecule is COc1c(NC(C)c2c(C)noc2C)nc[nH]c1=O. The summed E-state index contributed by atoms with van der Waals surface area (Å²) < 4.78 is 10.2. The van der Waals surface area contributed by atoms with Crippen molar-refractivity contribution < 1.29 is 9.26 Å². The van der Waals surface area contributed by atoms with Crippen LogP contribution < -0.4 is 15.6 Å². The number of methoxy groups -OCH3 is 1. The van der Waals surface area contributed by atoms with Gasteiger partial charge in [-0.2, -0.15) is 0 Å². The molecule has 2 N–H and O–H groups in total. The predicted molar refractivity (Wildman–Crippen MR) is 69.4 cm³/mol. The average molecular weight is 264 g/mol. The summed E-state index contributed by atoms with van der Waals surface area (Å²) in [7, 11) is 1.43. The maximum atomic E-state index is 11.6. The molecule has 0 aliphatic carbocycles.